The molecule has 0 aliphatic heterocycles. The zero-order valence-electron chi connectivity index (χ0n) is 18.7. The van der Waals surface area contributed by atoms with Crippen molar-refractivity contribution in [3.05, 3.63) is 110 Å². The van der Waals surface area contributed by atoms with Crippen LogP contribution in [0.25, 0.3) is 32.8 Å². The Morgan fingerprint density at radius 2 is 1.80 bits per heavy atom. The van der Waals surface area contributed by atoms with Crippen molar-refractivity contribution in [1.82, 2.24) is 9.38 Å². The Morgan fingerprint density at radius 1 is 1.00 bits per heavy atom. The van der Waals surface area contributed by atoms with Crippen LogP contribution < -0.4 is 19.6 Å². The fourth-order valence-electron chi connectivity index (χ4n) is 4.21. The molecule has 0 saturated heterocycles. The van der Waals surface area contributed by atoms with Crippen molar-refractivity contribution in [2.24, 2.45) is 0 Å². The van der Waals surface area contributed by atoms with Crippen LogP contribution in [0.1, 0.15) is 11.1 Å². The molecular weight excluding hydrogens is 480 g/mol. The normalized spacial score (nSPS) is 12.1. The highest BCUT2D eigenvalue weighted by molar-refractivity contribution is 7.15. The van der Waals surface area contributed by atoms with Gasteiger partial charge in [0, 0.05) is 0 Å². The number of hydrogen-bond acceptors (Lipinski definition) is 5. The highest BCUT2D eigenvalue weighted by atomic mass is 35.5. The summed E-state index contributed by atoms with van der Waals surface area (Å²) in [6, 6.07) is 25.6. The monoisotopic (exact) mass is 498 g/mol. The van der Waals surface area contributed by atoms with Gasteiger partial charge in [0.15, 0.2) is 16.5 Å². The second-order valence-corrected chi connectivity index (χ2v) is 9.55. The molecule has 0 N–H and O–H groups in total. The molecule has 4 aromatic carbocycles. The summed E-state index contributed by atoms with van der Waals surface area (Å²) in [6.45, 7) is 0.351. The van der Waals surface area contributed by atoms with Crippen molar-refractivity contribution in [3.8, 4) is 11.5 Å². The van der Waals surface area contributed by atoms with Gasteiger partial charge in [0.25, 0.3) is 5.56 Å². The van der Waals surface area contributed by atoms with Gasteiger partial charge < -0.3 is 9.47 Å². The molecule has 0 aliphatic carbocycles. The summed E-state index contributed by atoms with van der Waals surface area (Å²) >= 11 is 7.94. The summed E-state index contributed by atoms with van der Waals surface area (Å²) in [7, 11) is 1.57. The van der Waals surface area contributed by atoms with Crippen LogP contribution >= 0.6 is 22.9 Å². The van der Waals surface area contributed by atoms with Crippen LogP contribution in [0, 0.1) is 0 Å². The molecule has 0 saturated carbocycles. The third kappa shape index (κ3) is 3.91. The molecule has 7 heteroatoms. The number of nitrogens with zero attached hydrogens (tertiary/aromatic N) is 2. The van der Waals surface area contributed by atoms with Gasteiger partial charge in [-0.1, -0.05) is 71.5 Å². The summed E-state index contributed by atoms with van der Waals surface area (Å²) in [4.78, 5) is 18.3. The number of fused-ring (bicyclic) bond motifs is 4. The Balaban J connectivity index is 1.33. The van der Waals surface area contributed by atoms with E-state index in [9.17, 15) is 4.79 Å². The molecule has 35 heavy (non-hydrogen) atoms. The lowest BCUT2D eigenvalue weighted by Gasteiger charge is -2.13. The van der Waals surface area contributed by atoms with Gasteiger partial charge in [0.05, 0.1) is 27.7 Å². The van der Waals surface area contributed by atoms with E-state index >= 15 is 0 Å². The lowest BCUT2D eigenvalue weighted by atomic mass is 10.1. The number of ether oxygens (including phenoxy) is 2. The largest absolute Gasteiger partial charge is 0.493 e. The summed E-state index contributed by atoms with van der Waals surface area (Å²) in [5.41, 5.74) is 3.28. The van der Waals surface area contributed by atoms with Crippen molar-refractivity contribution >= 4 is 55.8 Å². The average Bonchev–Trinajstić information content (AvgIpc) is 3.38. The summed E-state index contributed by atoms with van der Waals surface area (Å²) in [6.07, 6.45) is 1.80. The van der Waals surface area contributed by atoms with Gasteiger partial charge >= 0.3 is 0 Å². The molecule has 172 valence electrons. The third-order valence-corrected chi connectivity index (χ3v) is 7.14. The van der Waals surface area contributed by atoms with Crippen LogP contribution in [-0.4, -0.2) is 16.5 Å². The topological polar surface area (TPSA) is 52.8 Å². The van der Waals surface area contributed by atoms with Crippen molar-refractivity contribution < 1.29 is 9.47 Å². The second kappa shape index (κ2) is 8.73. The number of hydrogen-bond donors (Lipinski definition) is 0. The van der Waals surface area contributed by atoms with E-state index in [0.29, 0.717) is 32.6 Å². The number of para-hydroxylation sites is 2. The Labute approximate surface area is 209 Å². The van der Waals surface area contributed by atoms with E-state index < -0.39 is 0 Å². The first-order valence-corrected chi connectivity index (χ1v) is 12.2. The lowest BCUT2D eigenvalue weighted by molar-refractivity contribution is 0.285. The number of benzene rings is 4. The molecule has 0 spiro atoms. The van der Waals surface area contributed by atoms with Crippen molar-refractivity contribution in [1.29, 1.82) is 0 Å². The molecule has 0 amide bonds. The zero-order valence-corrected chi connectivity index (χ0v) is 20.3. The van der Waals surface area contributed by atoms with Crippen LogP contribution in [0.15, 0.2) is 83.7 Å². The molecular formula is C28H19ClN2O3S. The van der Waals surface area contributed by atoms with Crippen LogP contribution in [0.3, 0.4) is 0 Å². The van der Waals surface area contributed by atoms with Crippen LogP contribution in [-0.2, 0) is 6.61 Å². The first-order valence-electron chi connectivity index (χ1n) is 11.0. The van der Waals surface area contributed by atoms with E-state index in [-0.39, 0.29) is 5.56 Å². The molecule has 2 heterocycles. The van der Waals surface area contributed by atoms with Gasteiger partial charge in [-0.2, -0.15) is 0 Å². The van der Waals surface area contributed by atoms with Crippen molar-refractivity contribution in [2.75, 3.05) is 7.11 Å². The fourth-order valence-corrected chi connectivity index (χ4v) is 5.47. The summed E-state index contributed by atoms with van der Waals surface area (Å²) in [5, 5.41) is 2.74. The Hall–Kier alpha value is -3.87. The van der Waals surface area contributed by atoms with Gasteiger partial charge in [-0.25, -0.2) is 9.38 Å². The quantitative estimate of drug-likeness (QED) is 0.299. The molecule has 0 bridgehead atoms. The van der Waals surface area contributed by atoms with E-state index in [1.165, 1.54) is 16.7 Å². The number of aromatic nitrogens is 2. The third-order valence-electron chi connectivity index (χ3n) is 5.89. The SMILES string of the molecule is COc1cc(C=c2sc3nc4ccccc4n3c2=O)cc(Cl)c1OCc1ccc2ccccc2c1. The highest BCUT2D eigenvalue weighted by Crippen LogP contribution is 2.37. The number of rotatable bonds is 5. The average molecular weight is 499 g/mol. The van der Waals surface area contributed by atoms with Gasteiger partial charge in [0.2, 0.25) is 0 Å². The van der Waals surface area contributed by atoms with Gasteiger partial charge in [-0.15, -0.1) is 0 Å². The maximum atomic E-state index is 13.1. The Kier molecular flexibility index (Phi) is 5.40. The predicted molar refractivity (Wildman–Crippen MR) is 142 cm³/mol. The van der Waals surface area contributed by atoms with Gasteiger partial charge in [-0.3, -0.25) is 4.79 Å². The number of imidazole rings is 1. The Bertz CT molecular complexity index is 1840. The first kappa shape index (κ1) is 21.6. The molecule has 0 atom stereocenters. The van der Waals surface area contributed by atoms with E-state index in [1.54, 1.807) is 23.7 Å². The molecule has 0 aliphatic rings. The Morgan fingerprint density at radius 3 is 2.66 bits per heavy atom. The van der Waals surface area contributed by atoms with Crippen LogP contribution in [0.4, 0.5) is 0 Å². The van der Waals surface area contributed by atoms with Crippen LogP contribution in [0.5, 0.6) is 11.5 Å². The van der Waals surface area contributed by atoms with Crippen LogP contribution in [0.2, 0.25) is 5.02 Å². The van der Waals surface area contributed by atoms with E-state index in [0.717, 1.165) is 27.5 Å². The molecule has 2 aromatic heterocycles. The minimum absolute atomic E-state index is 0.106. The minimum atomic E-state index is -0.106. The molecule has 0 unspecified atom stereocenters. The standard InChI is InChI=1S/C28H19ClN2O3S/c1-33-24-14-18(15-25-27(32)31-23-9-5-4-8-22(23)30-28(31)35-25)13-21(29)26(24)34-16-17-10-11-19-6-2-3-7-20(19)12-17/h2-15H,16H2,1H3. The first-order chi connectivity index (χ1) is 17.1. The lowest BCUT2D eigenvalue weighted by Crippen LogP contribution is -2.22. The van der Waals surface area contributed by atoms with Crippen molar-refractivity contribution in [3.63, 3.8) is 0 Å². The van der Waals surface area contributed by atoms with Gasteiger partial charge in [0.1, 0.15) is 6.61 Å². The van der Waals surface area contributed by atoms with E-state index in [2.05, 4.69) is 29.2 Å². The van der Waals surface area contributed by atoms with Crippen molar-refractivity contribution in [2.45, 2.75) is 6.61 Å². The zero-order chi connectivity index (χ0) is 23.9. The highest BCUT2D eigenvalue weighted by Gasteiger charge is 2.14. The number of halogens is 1. The molecule has 0 radical (unpaired) electrons. The minimum Gasteiger partial charge on any atom is -0.493 e. The second-order valence-electron chi connectivity index (χ2n) is 8.14. The van der Waals surface area contributed by atoms with E-state index in [1.807, 2.05) is 48.5 Å². The van der Waals surface area contributed by atoms with Gasteiger partial charge in [-0.05, 0) is 58.3 Å². The maximum absolute atomic E-state index is 13.1. The summed E-state index contributed by atoms with van der Waals surface area (Å²) < 4.78 is 13.9. The number of methoxy groups -OCH3 is 1. The van der Waals surface area contributed by atoms with E-state index in [4.69, 9.17) is 21.1 Å². The molecule has 0 fully saturated rings. The number of thiazole rings is 1. The predicted octanol–water partition coefficient (Wildman–Crippen LogP) is 5.85. The maximum Gasteiger partial charge on any atom is 0.274 e. The molecule has 6 aromatic rings. The fraction of sp³-hybridized carbons (Fsp3) is 0.0714. The molecule has 6 rings (SSSR count). The summed E-state index contributed by atoms with van der Waals surface area (Å²) in [5.74, 6) is 0.970. The molecule has 5 nitrogen and oxygen atoms in total. The smallest absolute Gasteiger partial charge is 0.274 e.